The molecule has 1 aliphatic rings. The van der Waals surface area contributed by atoms with Crippen LogP contribution >= 0.6 is 0 Å². The molecule has 0 saturated carbocycles. The molecular formula is C16H12O4. The summed E-state index contributed by atoms with van der Waals surface area (Å²) in [7, 11) is 0. The number of esters is 1. The standard InChI is InChI=1S/C16H12O4/c17-11-5-3-4-10(8-11)14(18)9-15-12-6-1-2-7-13(12)16(19)20-15/h1-8,15,17H,9H2/t15-/m1/s1. The van der Waals surface area contributed by atoms with Gasteiger partial charge < -0.3 is 9.84 Å². The van der Waals surface area contributed by atoms with Gasteiger partial charge in [-0.1, -0.05) is 30.3 Å². The molecule has 2 aromatic carbocycles. The predicted molar refractivity (Wildman–Crippen MR) is 71.7 cm³/mol. The summed E-state index contributed by atoms with van der Waals surface area (Å²) in [6.45, 7) is 0. The molecule has 0 spiro atoms. The molecule has 1 heterocycles. The molecule has 1 N–H and O–H groups in total. The van der Waals surface area contributed by atoms with E-state index < -0.39 is 12.1 Å². The number of rotatable bonds is 3. The van der Waals surface area contributed by atoms with E-state index in [1.54, 1.807) is 30.3 Å². The number of ketones is 1. The van der Waals surface area contributed by atoms with Gasteiger partial charge in [-0.3, -0.25) is 4.79 Å². The summed E-state index contributed by atoms with van der Waals surface area (Å²) in [6, 6.07) is 13.2. The zero-order valence-corrected chi connectivity index (χ0v) is 10.6. The first kappa shape index (κ1) is 12.4. The molecule has 4 nitrogen and oxygen atoms in total. The Bertz CT molecular complexity index is 690. The maximum atomic E-state index is 12.2. The normalized spacial score (nSPS) is 16.6. The molecule has 2 aromatic rings. The Balaban J connectivity index is 1.83. The number of benzene rings is 2. The maximum absolute atomic E-state index is 12.2. The molecule has 0 fully saturated rings. The molecule has 0 amide bonds. The van der Waals surface area contributed by atoms with Crippen molar-refractivity contribution >= 4 is 11.8 Å². The van der Waals surface area contributed by atoms with Crippen molar-refractivity contribution in [3.8, 4) is 5.75 Å². The third-order valence-corrected chi connectivity index (χ3v) is 3.32. The Morgan fingerprint density at radius 3 is 2.75 bits per heavy atom. The smallest absolute Gasteiger partial charge is 0.339 e. The highest BCUT2D eigenvalue weighted by molar-refractivity contribution is 5.99. The summed E-state index contributed by atoms with van der Waals surface area (Å²) in [4.78, 5) is 23.8. The number of cyclic esters (lactones) is 1. The molecule has 0 unspecified atom stereocenters. The number of aromatic hydroxyl groups is 1. The van der Waals surface area contributed by atoms with E-state index in [9.17, 15) is 14.7 Å². The summed E-state index contributed by atoms with van der Waals surface area (Å²) in [5, 5.41) is 9.39. The molecule has 0 radical (unpaired) electrons. The SMILES string of the molecule is O=C(C[C@H]1OC(=O)c2ccccc21)c1cccc(O)c1. The second-order valence-corrected chi connectivity index (χ2v) is 4.66. The van der Waals surface area contributed by atoms with Crippen molar-refractivity contribution in [2.24, 2.45) is 0 Å². The van der Waals surface area contributed by atoms with Gasteiger partial charge in [0.25, 0.3) is 0 Å². The van der Waals surface area contributed by atoms with Crippen LogP contribution in [0.15, 0.2) is 48.5 Å². The minimum Gasteiger partial charge on any atom is -0.508 e. The second-order valence-electron chi connectivity index (χ2n) is 4.66. The lowest BCUT2D eigenvalue weighted by molar-refractivity contribution is 0.0367. The number of carbonyl (C=O) groups is 2. The van der Waals surface area contributed by atoms with Gasteiger partial charge in [0, 0.05) is 11.1 Å². The van der Waals surface area contributed by atoms with Crippen molar-refractivity contribution in [2.45, 2.75) is 12.5 Å². The molecule has 1 atom stereocenters. The minimum atomic E-state index is -0.548. The third-order valence-electron chi connectivity index (χ3n) is 3.32. The van der Waals surface area contributed by atoms with Gasteiger partial charge in [-0.05, 0) is 18.2 Å². The quantitative estimate of drug-likeness (QED) is 0.686. The molecule has 100 valence electrons. The van der Waals surface area contributed by atoms with E-state index in [1.165, 1.54) is 12.1 Å². The predicted octanol–water partition coefficient (Wildman–Crippen LogP) is 2.88. The maximum Gasteiger partial charge on any atom is 0.339 e. The average molecular weight is 268 g/mol. The third kappa shape index (κ3) is 2.16. The highest BCUT2D eigenvalue weighted by atomic mass is 16.5. The fourth-order valence-corrected chi connectivity index (χ4v) is 2.34. The number of carbonyl (C=O) groups excluding carboxylic acids is 2. The fraction of sp³-hybridized carbons (Fsp3) is 0.125. The zero-order valence-electron chi connectivity index (χ0n) is 10.6. The number of Topliss-reactive ketones (excluding diaryl/α,β-unsaturated/α-hetero) is 1. The van der Waals surface area contributed by atoms with Gasteiger partial charge >= 0.3 is 5.97 Å². The van der Waals surface area contributed by atoms with Crippen molar-refractivity contribution in [1.82, 2.24) is 0 Å². The highest BCUT2D eigenvalue weighted by Gasteiger charge is 2.32. The van der Waals surface area contributed by atoms with E-state index in [1.807, 2.05) is 6.07 Å². The number of ether oxygens (including phenoxy) is 1. The van der Waals surface area contributed by atoms with Crippen molar-refractivity contribution in [3.05, 3.63) is 65.2 Å². The van der Waals surface area contributed by atoms with Crippen LogP contribution in [0.5, 0.6) is 5.75 Å². The molecule has 0 bridgehead atoms. The fourth-order valence-electron chi connectivity index (χ4n) is 2.34. The number of phenolic OH excluding ortho intramolecular Hbond substituents is 1. The molecule has 0 aliphatic carbocycles. The molecular weight excluding hydrogens is 256 g/mol. The Labute approximate surface area is 115 Å². The Kier molecular flexibility index (Phi) is 2.99. The van der Waals surface area contributed by atoms with Crippen LogP contribution in [0, 0.1) is 0 Å². The van der Waals surface area contributed by atoms with Crippen LogP contribution in [-0.2, 0) is 4.74 Å². The number of hydrogen-bond acceptors (Lipinski definition) is 4. The molecule has 20 heavy (non-hydrogen) atoms. The zero-order chi connectivity index (χ0) is 14.1. The summed E-state index contributed by atoms with van der Waals surface area (Å²) < 4.78 is 5.23. The second kappa shape index (κ2) is 4.81. The first-order chi connectivity index (χ1) is 9.65. The van der Waals surface area contributed by atoms with Crippen LogP contribution in [0.4, 0.5) is 0 Å². The number of phenols is 1. The average Bonchev–Trinajstić information content (AvgIpc) is 2.76. The lowest BCUT2D eigenvalue weighted by Gasteiger charge is -2.09. The summed E-state index contributed by atoms with van der Waals surface area (Å²) in [6.07, 6.45) is -0.472. The van der Waals surface area contributed by atoms with Gasteiger partial charge in [-0.25, -0.2) is 4.79 Å². The van der Waals surface area contributed by atoms with Crippen LogP contribution < -0.4 is 0 Å². The van der Waals surface area contributed by atoms with Crippen LogP contribution in [0.25, 0.3) is 0 Å². The van der Waals surface area contributed by atoms with Crippen LogP contribution in [0.1, 0.15) is 38.8 Å². The Hall–Kier alpha value is -2.62. The van der Waals surface area contributed by atoms with Gasteiger partial charge in [0.1, 0.15) is 11.9 Å². The Morgan fingerprint density at radius 1 is 1.15 bits per heavy atom. The largest absolute Gasteiger partial charge is 0.508 e. The van der Waals surface area contributed by atoms with E-state index in [4.69, 9.17) is 4.74 Å². The molecule has 0 saturated heterocycles. The minimum absolute atomic E-state index is 0.0414. The van der Waals surface area contributed by atoms with Crippen molar-refractivity contribution < 1.29 is 19.4 Å². The first-order valence-electron chi connectivity index (χ1n) is 6.27. The van der Waals surface area contributed by atoms with Crippen molar-refractivity contribution in [2.75, 3.05) is 0 Å². The molecule has 3 rings (SSSR count). The van der Waals surface area contributed by atoms with Crippen LogP contribution in [0.3, 0.4) is 0 Å². The van der Waals surface area contributed by atoms with E-state index in [2.05, 4.69) is 0 Å². The highest BCUT2D eigenvalue weighted by Crippen LogP contribution is 2.33. The topological polar surface area (TPSA) is 63.6 Å². The van der Waals surface area contributed by atoms with E-state index in [0.29, 0.717) is 11.1 Å². The molecule has 1 aliphatic heterocycles. The molecule has 0 aromatic heterocycles. The van der Waals surface area contributed by atoms with Gasteiger partial charge in [-0.2, -0.15) is 0 Å². The monoisotopic (exact) mass is 268 g/mol. The summed E-state index contributed by atoms with van der Waals surface area (Å²) in [5.41, 5.74) is 1.66. The van der Waals surface area contributed by atoms with E-state index in [0.717, 1.165) is 5.56 Å². The summed E-state index contributed by atoms with van der Waals surface area (Å²) in [5.74, 6) is -0.524. The molecule has 4 heteroatoms. The Morgan fingerprint density at radius 2 is 1.95 bits per heavy atom. The van der Waals surface area contributed by atoms with E-state index >= 15 is 0 Å². The van der Waals surface area contributed by atoms with Crippen LogP contribution in [0.2, 0.25) is 0 Å². The lowest BCUT2D eigenvalue weighted by atomic mass is 9.98. The summed E-state index contributed by atoms with van der Waals surface area (Å²) >= 11 is 0. The van der Waals surface area contributed by atoms with Gasteiger partial charge in [0.15, 0.2) is 5.78 Å². The van der Waals surface area contributed by atoms with Crippen molar-refractivity contribution in [3.63, 3.8) is 0 Å². The van der Waals surface area contributed by atoms with E-state index in [-0.39, 0.29) is 18.0 Å². The van der Waals surface area contributed by atoms with Gasteiger partial charge in [0.2, 0.25) is 0 Å². The van der Waals surface area contributed by atoms with Gasteiger partial charge in [-0.15, -0.1) is 0 Å². The van der Waals surface area contributed by atoms with Gasteiger partial charge in [0.05, 0.1) is 12.0 Å². The first-order valence-corrected chi connectivity index (χ1v) is 6.27. The van der Waals surface area contributed by atoms with Crippen molar-refractivity contribution in [1.29, 1.82) is 0 Å². The lowest BCUT2D eigenvalue weighted by Crippen LogP contribution is -2.07. The number of hydrogen-bond donors (Lipinski definition) is 1. The van der Waals surface area contributed by atoms with Crippen LogP contribution in [-0.4, -0.2) is 16.9 Å². The number of fused-ring (bicyclic) bond motifs is 1.